The minimum Gasteiger partial charge on any atom is -0.480 e. The summed E-state index contributed by atoms with van der Waals surface area (Å²) in [5, 5.41) is 18.5. The Bertz CT molecular complexity index is 758. The summed E-state index contributed by atoms with van der Waals surface area (Å²) in [6.07, 6.45) is -1.92. The predicted molar refractivity (Wildman–Crippen MR) is 78.0 cm³/mol. The van der Waals surface area contributed by atoms with Crippen molar-refractivity contribution in [2.75, 3.05) is 0 Å². The number of halogens is 3. The second-order valence-corrected chi connectivity index (χ2v) is 5.10. The van der Waals surface area contributed by atoms with Gasteiger partial charge >= 0.3 is 12.1 Å². The van der Waals surface area contributed by atoms with Crippen LogP contribution in [0.2, 0.25) is 0 Å². The summed E-state index contributed by atoms with van der Waals surface area (Å²) in [5.41, 5.74) is -1.10. The van der Waals surface area contributed by atoms with Crippen LogP contribution in [-0.4, -0.2) is 43.0 Å². The number of nitrogens with zero attached hydrogens (tertiary/aromatic N) is 4. The van der Waals surface area contributed by atoms with E-state index in [2.05, 4.69) is 20.6 Å². The maximum Gasteiger partial charge on any atom is 0.417 e. The Labute approximate surface area is 139 Å². The second-order valence-electron chi connectivity index (χ2n) is 5.10. The number of hydrogen-bond acceptors (Lipinski definition) is 5. The number of nitrogens with one attached hydrogen (secondary N) is 1. The molecule has 8 nitrogen and oxygen atoms in total. The number of aliphatic carboxylic acids is 1. The molecule has 2 aromatic heterocycles. The van der Waals surface area contributed by atoms with Gasteiger partial charge in [-0.05, 0) is 18.6 Å². The maximum absolute atomic E-state index is 12.5. The van der Waals surface area contributed by atoms with Crippen molar-refractivity contribution in [1.29, 1.82) is 0 Å². The van der Waals surface area contributed by atoms with E-state index < -0.39 is 29.7 Å². The van der Waals surface area contributed by atoms with Crippen molar-refractivity contribution in [3.05, 3.63) is 35.8 Å². The van der Waals surface area contributed by atoms with Gasteiger partial charge in [0, 0.05) is 6.20 Å². The van der Waals surface area contributed by atoms with Crippen molar-refractivity contribution in [3.63, 3.8) is 0 Å². The SMILES string of the molecule is CCCC(NC(=O)c1cn(-c2ccc(C(F)(F)F)cn2)nn1)C(=O)O. The van der Waals surface area contributed by atoms with Crippen molar-refractivity contribution in [3.8, 4) is 5.82 Å². The number of aromatic nitrogens is 4. The molecule has 0 radical (unpaired) electrons. The third-order valence-electron chi connectivity index (χ3n) is 3.22. The van der Waals surface area contributed by atoms with Crippen molar-refractivity contribution in [1.82, 2.24) is 25.3 Å². The molecule has 0 aromatic carbocycles. The fraction of sp³-hybridized carbons (Fsp3) is 0.357. The van der Waals surface area contributed by atoms with Gasteiger partial charge in [0.15, 0.2) is 11.5 Å². The number of carboxylic acids is 1. The predicted octanol–water partition coefficient (Wildman–Crippen LogP) is 1.66. The zero-order chi connectivity index (χ0) is 18.6. The molecule has 0 aliphatic carbocycles. The third kappa shape index (κ3) is 4.52. The molecule has 1 unspecified atom stereocenters. The average molecular weight is 357 g/mol. The van der Waals surface area contributed by atoms with E-state index in [1.165, 1.54) is 0 Å². The van der Waals surface area contributed by atoms with Crippen molar-refractivity contribution < 1.29 is 27.9 Å². The van der Waals surface area contributed by atoms with Gasteiger partial charge in [-0.25, -0.2) is 14.5 Å². The fourth-order valence-corrected chi connectivity index (χ4v) is 1.95. The van der Waals surface area contributed by atoms with E-state index in [0.717, 1.165) is 23.0 Å². The topological polar surface area (TPSA) is 110 Å². The summed E-state index contributed by atoms with van der Waals surface area (Å²) in [4.78, 5) is 26.7. The number of alkyl halides is 3. The molecular formula is C14H14F3N5O3. The monoisotopic (exact) mass is 357 g/mol. The molecule has 0 bridgehead atoms. The Morgan fingerprint density at radius 1 is 1.36 bits per heavy atom. The minimum absolute atomic E-state index is 0.0305. The van der Waals surface area contributed by atoms with E-state index in [1.807, 2.05) is 0 Å². The zero-order valence-corrected chi connectivity index (χ0v) is 13.0. The van der Waals surface area contributed by atoms with Gasteiger partial charge < -0.3 is 10.4 Å². The lowest BCUT2D eigenvalue weighted by Crippen LogP contribution is -2.40. The number of carbonyl (C=O) groups is 2. The number of amides is 1. The van der Waals surface area contributed by atoms with Crippen LogP contribution in [0, 0.1) is 0 Å². The van der Waals surface area contributed by atoms with Crippen molar-refractivity contribution >= 4 is 11.9 Å². The summed E-state index contributed by atoms with van der Waals surface area (Å²) in [7, 11) is 0. The summed E-state index contributed by atoms with van der Waals surface area (Å²) in [6.45, 7) is 1.77. The first-order valence-corrected chi connectivity index (χ1v) is 7.22. The molecule has 2 N–H and O–H groups in total. The normalized spacial score (nSPS) is 12.6. The van der Waals surface area contributed by atoms with Crippen LogP contribution < -0.4 is 5.32 Å². The lowest BCUT2D eigenvalue weighted by atomic mass is 10.1. The number of rotatable bonds is 6. The van der Waals surface area contributed by atoms with Crippen LogP contribution in [0.15, 0.2) is 24.5 Å². The lowest BCUT2D eigenvalue weighted by molar-refractivity contribution is -0.139. The van der Waals surface area contributed by atoms with E-state index in [4.69, 9.17) is 5.11 Å². The van der Waals surface area contributed by atoms with Crippen LogP contribution in [-0.2, 0) is 11.0 Å². The number of hydrogen-bond donors (Lipinski definition) is 2. The van der Waals surface area contributed by atoms with Crippen LogP contribution in [0.5, 0.6) is 0 Å². The van der Waals surface area contributed by atoms with E-state index in [0.29, 0.717) is 12.6 Å². The van der Waals surface area contributed by atoms with Gasteiger partial charge in [0.25, 0.3) is 5.91 Å². The largest absolute Gasteiger partial charge is 0.480 e. The van der Waals surface area contributed by atoms with Crippen LogP contribution in [0.3, 0.4) is 0 Å². The van der Waals surface area contributed by atoms with E-state index >= 15 is 0 Å². The Hall–Kier alpha value is -2.98. The molecule has 2 aromatic rings. The Kier molecular flexibility index (Phi) is 5.35. The van der Waals surface area contributed by atoms with Crippen LogP contribution >= 0.6 is 0 Å². The molecule has 0 aliphatic heterocycles. The molecule has 2 rings (SSSR count). The van der Waals surface area contributed by atoms with Gasteiger partial charge in [-0.3, -0.25) is 4.79 Å². The van der Waals surface area contributed by atoms with Gasteiger partial charge in [0.2, 0.25) is 0 Å². The molecule has 0 saturated carbocycles. The highest BCUT2D eigenvalue weighted by molar-refractivity contribution is 5.94. The molecule has 1 atom stereocenters. The van der Waals surface area contributed by atoms with Crippen LogP contribution in [0.4, 0.5) is 13.2 Å². The molecule has 1 amide bonds. The molecule has 11 heteroatoms. The highest BCUT2D eigenvalue weighted by Gasteiger charge is 2.30. The zero-order valence-electron chi connectivity index (χ0n) is 13.0. The number of carboxylic acid groups (broad SMARTS) is 1. The Balaban J connectivity index is 2.14. The van der Waals surface area contributed by atoms with Crippen LogP contribution in [0.25, 0.3) is 5.82 Å². The first-order valence-electron chi connectivity index (χ1n) is 7.22. The standard InChI is InChI=1S/C14H14F3N5O3/c1-2-3-9(13(24)25)19-12(23)10-7-22(21-20-10)11-5-4-8(6-18-11)14(15,16)17/h4-7,9H,2-3H2,1H3,(H,19,23)(H,24,25). The fourth-order valence-electron chi connectivity index (χ4n) is 1.95. The summed E-state index contributed by atoms with van der Waals surface area (Å²) >= 11 is 0. The van der Waals surface area contributed by atoms with Gasteiger partial charge in [0.05, 0.1) is 11.8 Å². The average Bonchev–Trinajstić information content (AvgIpc) is 3.03. The Morgan fingerprint density at radius 3 is 2.60 bits per heavy atom. The van der Waals surface area contributed by atoms with E-state index in [-0.39, 0.29) is 17.9 Å². The first kappa shape index (κ1) is 18.4. The summed E-state index contributed by atoms with van der Waals surface area (Å²) < 4.78 is 38.5. The first-order chi connectivity index (χ1) is 11.7. The van der Waals surface area contributed by atoms with Gasteiger partial charge in [-0.1, -0.05) is 18.6 Å². The second kappa shape index (κ2) is 7.28. The van der Waals surface area contributed by atoms with Gasteiger partial charge in [-0.15, -0.1) is 5.10 Å². The maximum atomic E-state index is 12.5. The lowest BCUT2D eigenvalue weighted by Gasteiger charge is -2.11. The quantitative estimate of drug-likeness (QED) is 0.814. The molecule has 0 fully saturated rings. The van der Waals surface area contributed by atoms with Crippen molar-refractivity contribution in [2.24, 2.45) is 0 Å². The minimum atomic E-state index is -4.51. The molecule has 134 valence electrons. The van der Waals surface area contributed by atoms with E-state index in [9.17, 15) is 22.8 Å². The molecule has 0 spiro atoms. The molecule has 0 saturated heterocycles. The van der Waals surface area contributed by atoms with Crippen LogP contribution in [0.1, 0.15) is 35.8 Å². The van der Waals surface area contributed by atoms with E-state index in [1.54, 1.807) is 6.92 Å². The highest BCUT2D eigenvalue weighted by Crippen LogP contribution is 2.28. The third-order valence-corrected chi connectivity index (χ3v) is 3.22. The molecule has 2 heterocycles. The van der Waals surface area contributed by atoms with Gasteiger partial charge in [-0.2, -0.15) is 13.2 Å². The summed E-state index contributed by atoms with van der Waals surface area (Å²) in [6, 6.07) is 0.841. The number of pyridine rings is 1. The highest BCUT2D eigenvalue weighted by atomic mass is 19.4. The Morgan fingerprint density at radius 2 is 2.08 bits per heavy atom. The molecule has 25 heavy (non-hydrogen) atoms. The molecule has 0 aliphatic rings. The number of carbonyl (C=O) groups excluding carboxylic acids is 1. The van der Waals surface area contributed by atoms with Gasteiger partial charge in [0.1, 0.15) is 6.04 Å². The molecular weight excluding hydrogens is 343 g/mol. The van der Waals surface area contributed by atoms with Crippen molar-refractivity contribution in [2.45, 2.75) is 32.0 Å². The summed E-state index contributed by atoms with van der Waals surface area (Å²) in [5.74, 6) is -1.89. The smallest absolute Gasteiger partial charge is 0.417 e.